The van der Waals surface area contributed by atoms with Crippen LogP contribution in [0, 0.1) is 10.1 Å². The van der Waals surface area contributed by atoms with Crippen LogP contribution in [0.1, 0.15) is 16.7 Å². The first-order valence-corrected chi connectivity index (χ1v) is 13.0. The van der Waals surface area contributed by atoms with Gasteiger partial charge in [0.25, 0.3) is 11.6 Å². The van der Waals surface area contributed by atoms with Gasteiger partial charge in [-0.25, -0.2) is 0 Å². The molecule has 0 unspecified atom stereocenters. The maximum Gasteiger partial charge on any atom is 0.271 e. The van der Waals surface area contributed by atoms with Crippen LogP contribution in [-0.4, -0.2) is 67.1 Å². The van der Waals surface area contributed by atoms with Gasteiger partial charge in [-0.2, -0.15) is 0 Å². The average Bonchev–Trinajstić information content (AvgIpc) is 3.28. The minimum Gasteiger partial charge on any atom is -0.486 e. The van der Waals surface area contributed by atoms with E-state index in [0.29, 0.717) is 47.2 Å². The molecular weight excluding hydrogens is 498 g/mol. The van der Waals surface area contributed by atoms with Crippen LogP contribution >= 0.6 is 0 Å². The Labute approximate surface area is 226 Å². The Morgan fingerprint density at radius 3 is 2.46 bits per heavy atom. The molecule has 3 heterocycles. The van der Waals surface area contributed by atoms with E-state index in [1.807, 2.05) is 30.3 Å². The van der Waals surface area contributed by atoms with Gasteiger partial charge in [0.05, 0.1) is 21.9 Å². The number of anilines is 2. The van der Waals surface area contributed by atoms with E-state index in [9.17, 15) is 14.9 Å². The van der Waals surface area contributed by atoms with Crippen LogP contribution in [0.4, 0.5) is 17.1 Å². The number of ether oxygens (including phenoxy) is 2. The molecule has 0 spiro atoms. The zero-order chi connectivity index (χ0) is 26.9. The number of carbonyl (C=O) groups excluding carboxylic acids is 1. The second-order valence-corrected chi connectivity index (χ2v) is 9.95. The number of nitrogens with zero attached hydrogens (tertiary/aromatic N) is 3. The van der Waals surface area contributed by atoms with Crippen LogP contribution in [0.5, 0.6) is 11.5 Å². The molecule has 3 aromatic rings. The van der Waals surface area contributed by atoms with Gasteiger partial charge in [0.1, 0.15) is 13.2 Å². The van der Waals surface area contributed by atoms with Crippen LogP contribution in [0.25, 0.3) is 11.3 Å². The van der Waals surface area contributed by atoms with E-state index in [2.05, 4.69) is 39.6 Å². The maximum absolute atomic E-state index is 13.3. The lowest BCUT2D eigenvalue weighted by atomic mass is 9.99. The van der Waals surface area contributed by atoms with Crippen molar-refractivity contribution in [1.29, 1.82) is 0 Å². The highest BCUT2D eigenvalue weighted by molar-refractivity contribution is 6.37. The van der Waals surface area contributed by atoms with Crippen molar-refractivity contribution in [2.45, 2.75) is 6.54 Å². The molecule has 1 amide bonds. The average molecular weight is 528 g/mol. The van der Waals surface area contributed by atoms with Gasteiger partial charge in [-0.3, -0.25) is 19.8 Å². The van der Waals surface area contributed by atoms with Crippen molar-refractivity contribution in [2.24, 2.45) is 0 Å². The van der Waals surface area contributed by atoms with Crippen molar-refractivity contribution in [2.75, 3.05) is 57.1 Å². The Balaban J connectivity index is 1.35. The summed E-state index contributed by atoms with van der Waals surface area (Å²) < 4.78 is 11.5. The van der Waals surface area contributed by atoms with Crippen LogP contribution in [-0.2, 0) is 11.3 Å². The van der Waals surface area contributed by atoms with E-state index in [1.54, 1.807) is 6.07 Å². The summed E-state index contributed by atoms with van der Waals surface area (Å²) in [7, 11) is 2.15. The number of benzene rings is 3. The first-order chi connectivity index (χ1) is 18.9. The number of carbonyl (C=O) groups is 1. The summed E-state index contributed by atoms with van der Waals surface area (Å²) in [5.41, 5.74) is 4.66. The van der Waals surface area contributed by atoms with Crippen molar-refractivity contribution >= 4 is 34.2 Å². The number of non-ortho nitro benzene ring substituents is 1. The highest BCUT2D eigenvalue weighted by Gasteiger charge is 2.30. The molecule has 1 saturated heterocycles. The molecule has 2 N–H and O–H groups in total. The second-order valence-electron chi connectivity index (χ2n) is 9.95. The van der Waals surface area contributed by atoms with Crippen LogP contribution in [0.15, 0.2) is 60.7 Å². The maximum atomic E-state index is 13.3. The number of nitrogens with one attached hydrogen (secondary N) is 2. The van der Waals surface area contributed by atoms with Crippen LogP contribution in [0.3, 0.4) is 0 Å². The lowest BCUT2D eigenvalue weighted by Crippen LogP contribution is -2.43. The molecule has 0 saturated carbocycles. The van der Waals surface area contributed by atoms with Crippen molar-refractivity contribution in [3.8, 4) is 11.5 Å². The predicted octanol–water partition coefficient (Wildman–Crippen LogP) is 4.05. The van der Waals surface area contributed by atoms with Crippen molar-refractivity contribution in [3.63, 3.8) is 0 Å². The number of rotatable bonds is 6. The summed E-state index contributed by atoms with van der Waals surface area (Å²) in [6.45, 7) is 6.04. The minimum absolute atomic E-state index is 0.0833. The fraction of sp³-hybridized carbons (Fsp3) is 0.276. The minimum atomic E-state index is -0.474. The molecule has 3 aliphatic rings. The van der Waals surface area contributed by atoms with Gasteiger partial charge in [0, 0.05) is 61.7 Å². The third-order valence-electron chi connectivity index (χ3n) is 7.26. The lowest BCUT2D eigenvalue weighted by Gasteiger charge is -2.32. The number of amides is 1. The Bertz CT molecular complexity index is 1460. The molecule has 0 radical (unpaired) electrons. The van der Waals surface area contributed by atoms with Crippen molar-refractivity contribution in [3.05, 3.63) is 87.5 Å². The fourth-order valence-electron chi connectivity index (χ4n) is 5.10. The summed E-state index contributed by atoms with van der Waals surface area (Å²) in [5.74, 6) is 0.910. The van der Waals surface area contributed by atoms with Gasteiger partial charge < -0.3 is 25.0 Å². The molecule has 10 nitrogen and oxygen atoms in total. The highest BCUT2D eigenvalue weighted by atomic mass is 16.6. The van der Waals surface area contributed by atoms with E-state index < -0.39 is 4.92 Å². The van der Waals surface area contributed by atoms with Gasteiger partial charge >= 0.3 is 0 Å². The molecule has 10 heteroatoms. The normalized spacial score (nSPS) is 18.3. The number of hydrogen-bond acceptors (Lipinski definition) is 8. The highest BCUT2D eigenvalue weighted by Crippen LogP contribution is 2.41. The lowest BCUT2D eigenvalue weighted by molar-refractivity contribution is -0.384. The van der Waals surface area contributed by atoms with E-state index in [1.165, 1.54) is 17.7 Å². The molecule has 0 atom stereocenters. The Morgan fingerprint density at radius 1 is 0.974 bits per heavy atom. The molecule has 200 valence electrons. The first-order valence-electron chi connectivity index (χ1n) is 13.0. The third kappa shape index (κ3) is 5.16. The van der Waals surface area contributed by atoms with E-state index in [-0.39, 0.29) is 11.6 Å². The molecule has 0 bridgehead atoms. The number of likely N-dealkylation sites (N-methyl/N-ethyl adjacent to an activating group) is 1. The summed E-state index contributed by atoms with van der Waals surface area (Å²) in [4.78, 5) is 28.9. The van der Waals surface area contributed by atoms with E-state index >= 15 is 0 Å². The van der Waals surface area contributed by atoms with Gasteiger partial charge in [-0.15, -0.1) is 0 Å². The Kier molecular flexibility index (Phi) is 6.64. The Morgan fingerprint density at radius 2 is 1.72 bits per heavy atom. The molecule has 0 aliphatic carbocycles. The summed E-state index contributed by atoms with van der Waals surface area (Å²) in [6.07, 6.45) is 0. The zero-order valence-corrected chi connectivity index (χ0v) is 21.6. The van der Waals surface area contributed by atoms with Crippen molar-refractivity contribution < 1.29 is 19.2 Å². The Hall–Kier alpha value is -4.41. The van der Waals surface area contributed by atoms with Crippen molar-refractivity contribution in [1.82, 2.24) is 9.80 Å². The largest absolute Gasteiger partial charge is 0.486 e. The number of piperazine rings is 1. The summed E-state index contributed by atoms with van der Waals surface area (Å²) >= 11 is 0. The van der Waals surface area contributed by atoms with E-state index in [4.69, 9.17) is 9.47 Å². The SMILES string of the molecule is CN1CCN(Cc2ccc(NC(=C3C(=O)Nc4cc([N+](=O)[O-])ccc43)c3ccc4c(c3)OCCO4)cc2)CC1. The number of fused-ring (bicyclic) bond motifs is 2. The van der Waals surface area contributed by atoms with E-state index in [0.717, 1.165) is 44.0 Å². The van der Waals surface area contributed by atoms with Gasteiger partial charge in [0.15, 0.2) is 11.5 Å². The molecule has 1 fully saturated rings. The summed E-state index contributed by atoms with van der Waals surface area (Å²) in [6, 6.07) is 18.2. The summed E-state index contributed by atoms with van der Waals surface area (Å²) in [5, 5.41) is 17.6. The van der Waals surface area contributed by atoms with Gasteiger partial charge in [-0.1, -0.05) is 12.1 Å². The first kappa shape index (κ1) is 24.9. The molecule has 3 aliphatic heterocycles. The quantitative estimate of drug-likeness (QED) is 0.281. The topological polar surface area (TPSA) is 109 Å². The fourth-order valence-corrected chi connectivity index (χ4v) is 5.10. The zero-order valence-electron chi connectivity index (χ0n) is 21.6. The molecular formula is C29H29N5O5. The standard InChI is InChI=1S/C29H29N5O5/c1-32-10-12-33(13-11-32)18-19-2-5-21(6-3-19)30-28(20-4-9-25-26(16-20)39-15-14-38-25)27-23-8-7-22(34(36)37)17-24(23)31-29(27)35/h2-9,16-17,30H,10-15,18H2,1H3,(H,31,35). The molecule has 6 rings (SSSR count). The third-order valence-corrected chi connectivity index (χ3v) is 7.26. The van der Waals surface area contributed by atoms with Crippen LogP contribution in [0.2, 0.25) is 0 Å². The number of nitro groups is 1. The smallest absolute Gasteiger partial charge is 0.271 e. The second kappa shape index (κ2) is 10.4. The van der Waals surface area contributed by atoms with Gasteiger partial charge in [-0.05, 0) is 49.0 Å². The monoisotopic (exact) mass is 527 g/mol. The number of hydrogen-bond donors (Lipinski definition) is 2. The molecule has 3 aromatic carbocycles. The van der Waals surface area contributed by atoms with Crippen LogP contribution < -0.4 is 20.1 Å². The predicted molar refractivity (Wildman–Crippen MR) is 149 cm³/mol. The van der Waals surface area contributed by atoms with Gasteiger partial charge in [0.2, 0.25) is 0 Å². The number of nitro benzene ring substituents is 1. The molecule has 0 aromatic heterocycles. The molecule has 39 heavy (non-hydrogen) atoms.